The Hall–Kier alpha value is -2.77. The fourth-order valence-corrected chi connectivity index (χ4v) is 5.01. The van der Waals surface area contributed by atoms with Crippen LogP contribution in [0.1, 0.15) is 53.4 Å². The molecule has 0 spiro atoms. The number of pyridine rings is 1. The molecule has 1 aliphatic rings. The molecule has 210 valence electrons. The number of rotatable bonds is 9. The molecule has 2 atom stereocenters. The van der Waals surface area contributed by atoms with Gasteiger partial charge in [-0.25, -0.2) is 17.8 Å². The summed E-state index contributed by atoms with van der Waals surface area (Å²) in [6, 6.07) is 5.89. The molecule has 0 radical (unpaired) electrons. The van der Waals surface area contributed by atoms with Gasteiger partial charge in [-0.3, -0.25) is 4.79 Å². The van der Waals surface area contributed by atoms with Crippen molar-refractivity contribution in [1.82, 2.24) is 10.3 Å². The zero-order valence-corrected chi connectivity index (χ0v) is 22.2. The fourth-order valence-electron chi connectivity index (χ4n) is 4.35. The van der Waals surface area contributed by atoms with Crippen molar-refractivity contribution in [3.05, 3.63) is 58.5 Å². The summed E-state index contributed by atoms with van der Waals surface area (Å²) in [6.45, 7) is 3.03. The Morgan fingerprint density at radius 3 is 2.45 bits per heavy atom. The molecule has 1 saturated heterocycles. The van der Waals surface area contributed by atoms with Gasteiger partial charge in [0.2, 0.25) is 5.91 Å². The number of anilines is 1. The van der Waals surface area contributed by atoms with E-state index in [2.05, 4.69) is 10.3 Å². The summed E-state index contributed by atoms with van der Waals surface area (Å²) in [5, 5.41) is 1.16. The second-order valence-corrected chi connectivity index (χ2v) is 11.7. The van der Waals surface area contributed by atoms with Gasteiger partial charge in [0, 0.05) is 50.7 Å². The first-order valence-corrected chi connectivity index (χ1v) is 14.0. The van der Waals surface area contributed by atoms with Crippen LogP contribution in [-0.2, 0) is 32.1 Å². The van der Waals surface area contributed by atoms with Crippen LogP contribution in [0.5, 0.6) is 0 Å². The molecule has 1 aromatic carbocycles. The number of hydrogen-bond donors (Lipinski definition) is 2. The number of nitrogens with two attached hydrogens (primary N) is 1. The summed E-state index contributed by atoms with van der Waals surface area (Å²) in [5.74, 6) is -1.71. The number of sulfone groups is 1. The fraction of sp³-hybridized carbons (Fsp3) is 0.520. The molecule has 1 aromatic heterocycles. The highest BCUT2D eigenvalue weighted by Crippen LogP contribution is 2.32. The number of amides is 1. The predicted octanol–water partition coefficient (Wildman–Crippen LogP) is 3.52. The van der Waals surface area contributed by atoms with Crippen LogP contribution in [0.4, 0.5) is 23.4 Å². The highest BCUT2D eigenvalue weighted by atomic mass is 32.2. The van der Waals surface area contributed by atoms with Crippen LogP contribution in [0.15, 0.2) is 30.3 Å². The van der Waals surface area contributed by atoms with Gasteiger partial charge in [0.25, 0.3) is 0 Å². The van der Waals surface area contributed by atoms with Crippen LogP contribution in [0.25, 0.3) is 0 Å². The summed E-state index contributed by atoms with van der Waals surface area (Å²) in [7, 11) is -2.12. The van der Waals surface area contributed by atoms with Gasteiger partial charge in [-0.2, -0.15) is 13.2 Å². The number of ether oxygens (including phenoxy) is 1. The third-order valence-corrected chi connectivity index (χ3v) is 7.88. The molecule has 1 amide bonds. The van der Waals surface area contributed by atoms with Crippen LogP contribution in [0.3, 0.4) is 0 Å². The lowest BCUT2D eigenvalue weighted by Crippen LogP contribution is -2.37. The number of benzene rings is 1. The number of methoxy groups -OCH3 is 1. The Morgan fingerprint density at radius 1 is 1.24 bits per heavy atom. The first-order valence-electron chi connectivity index (χ1n) is 12.0. The summed E-state index contributed by atoms with van der Waals surface area (Å²) in [4.78, 5) is 18.5. The van der Waals surface area contributed by atoms with Crippen LogP contribution in [-0.4, -0.2) is 52.4 Å². The number of carbonyl (C=O) groups excluding carboxylic acids is 1. The summed E-state index contributed by atoms with van der Waals surface area (Å²) in [5.41, 5.74) is 5.10. The maximum absolute atomic E-state index is 14.6. The van der Waals surface area contributed by atoms with Gasteiger partial charge in [-0.15, -0.1) is 0 Å². The number of piperidine rings is 1. The van der Waals surface area contributed by atoms with Crippen molar-refractivity contribution in [1.29, 1.82) is 0 Å². The first-order chi connectivity index (χ1) is 17.7. The molecule has 2 aromatic rings. The van der Waals surface area contributed by atoms with Crippen molar-refractivity contribution < 1.29 is 35.5 Å². The number of nitrogens with one attached hydrogen (secondary N) is 1. The third-order valence-electron chi connectivity index (χ3n) is 6.70. The van der Waals surface area contributed by atoms with Gasteiger partial charge in [0.1, 0.15) is 22.7 Å². The average Bonchev–Trinajstić information content (AvgIpc) is 2.86. The molecule has 1 aliphatic heterocycles. The largest absolute Gasteiger partial charge is 0.433 e. The third kappa shape index (κ3) is 7.20. The lowest BCUT2D eigenvalue weighted by Gasteiger charge is -2.34. The number of aromatic nitrogens is 1. The number of hydrogen-bond acceptors (Lipinski definition) is 7. The maximum atomic E-state index is 14.6. The highest BCUT2D eigenvalue weighted by molar-refractivity contribution is 7.90. The van der Waals surface area contributed by atoms with Crippen LogP contribution in [0, 0.1) is 11.7 Å². The molecule has 38 heavy (non-hydrogen) atoms. The maximum Gasteiger partial charge on any atom is 0.433 e. The standard InChI is InChI=1S/C25H32F4N4O4S/c1-15(17-4-6-19(20(26)12-17)22(30)38(3,35)36)24(34)31-13-18-5-7-21(25(27,28)29)32-23(18)33-10-8-16(9-11-33)14-37-2/h4-7,12,15-16,22H,8-11,13-14,30H2,1-3H3,(H,31,34). The summed E-state index contributed by atoms with van der Waals surface area (Å²) in [6.07, 6.45) is -2.25. The van der Waals surface area contributed by atoms with Crippen molar-refractivity contribution in [2.24, 2.45) is 11.7 Å². The second kappa shape index (κ2) is 12.0. The predicted molar refractivity (Wildman–Crippen MR) is 134 cm³/mol. The SMILES string of the molecule is COCC1CCN(c2nc(C(F)(F)F)ccc2CNC(=O)C(C)c2ccc(C(N)S(C)(=O)=O)c(F)c2)CC1. The van der Waals surface area contributed by atoms with E-state index in [1.165, 1.54) is 25.1 Å². The Labute approximate surface area is 219 Å². The van der Waals surface area contributed by atoms with Gasteiger partial charge in [0.05, 0.1) is 5.92 Å². The zero-order chi connectivity index (χ0) is 28.3. The molecule has 2 heterocycles. The molecule has 0 aliphatic carbocycles. The minimum Gasteiger partial charge on any atom is -0.384 e. The second-order valence-electron chi connectivity index (χ2n) is 9.53. The molecule has 13 heteroatoms. The molecular weight excluding hydrogens is 528 g/mol. The van der Waals surface area contributed by atoms with Gasteiger partial charge in [-0.1, -0.05) is 18.2 Å². The van der Waals surface area contributed by atoms with Gasteiger partial charge in [0.15, 0.2) is 9.84 Å². The smallest absolute Gasteiger partial charge is 0.384 e. The lowest BCUT2D eigenvalue weighted by atomic mass is 9.97. The normalized spacial score (nSPS) is 16.8. The number of alkyl halides is 3. The zero-order valence-electron chi connectivity index (χ0n) is 21.4. The molecule has 3 N–H and O–H groups in total. The Bertz CT molecular complexity index is 1250. The Morgan fingerprint density at radius 2 is 1.89 bits per heavy atom. The minimum absolute atomic E-state index is 0.0822. The van der Waals surface area contributed by atoms with E-state index in [-0.39, 0.29) is 23.5 Å². The summed E-state index contributed by atoms with van der Waals surface area (Å²) >= 11 is 0. The monoisotopic (exact) mass is 560 g/mol. The van der Waals surface area contributed by atoms with Crippen molar-refractivity contribution in [3.8, 4) is 0 Å². The van der Waals surface area contributed by atoms with E-state index in [1.54, 1.807) is 12.0 Å². The molecule has 3 rings (SSSR count). The molecule has 0 saturated carbocycles. The van der Waals surface area contributed by atoms with Gasteiger partial charge >= 0.3 is 6.18 Å². The van der Waals surface area contributed by atoms with E-state index < -0.39 is 44.7 Å². The number of halogens is 4. The topological polar surface area (TPSA) is 115 Å². The molecule has 8 nitrogen and oxygen atoms in total. The quantitative estimate of drug-likeness (QED) is 0.451. The van der Waals surface area contributed by atoms with E-state index in [1.807, 2.05) is 0 Å². The van der Waals surface area contributed by atoms with E-state index in [9.17, 15) is 30.8 Å². The average molecular weight is 561 g/mol. The van der Waals surface area contributed by atoms with E-state index >= 15 is 0 Å². The van der Waals surface area contributed by atoms with Crippen molar-refractivity contribution >= 4 is 21.6 Å². The van der Waals surface area contributed by atoms with E-state index in [4.69, 9.17) is 10.5 Å². The Balaban J connectivity index is 1.76. The lowest BCUT2D eigenvalue weighted by molar-refractivity contribution is -0.141. The van der Waals surface area contributed by atoms with Crippen molar-refractivity contribution in [3.63, 3.8) is 0 Å². The molecule has 2 unspecified atom stereocenters. The van der Waals surface area contributed by atoms with Crippen molar-refractivity contribution in [2.45, 2.75) is 43.8 Å². The molecular formula is C25H32F4N4O4S. The van der Waals surface area contributed by atoms with Crippen LogP contribution >= 0.6 is 0 Å². The Kier molecular flexibility index (Phi) is 9.37. The number of carbonyl (C=O) groups is 1. The van der Waals surface area contributed by atoms with Gasteiger partial charge in [-0.05, 0) is 43.4 Å². The van der Waals surface area contributed by atoms with E-state index in [0.717, 1.165) is 31.2 Å². The minimum atomic E-state index is -4.62. The first kappa shape index (κ1) is 29.8. The molecule has 1 fully saturated rings. The number of nitrogens with zero attached hydrogens (tertiary/aromatic N) is 2. The van der Waals surface area contributed by atoms with Crippen molar-refractivity contribution in [2.75, 3.05) is 38.0 Å². The van der Waals surface area contributed by atoms with E-state index in [0.29, 0.717) is 31.2 Å². The highest BCUT2D eigenvalue weighted by Gasteiger charge is 2.34. The summed E-state index contributed by atoms with van der Waals surface area (Å²) < 4.78 is 83.2. The van der Waals surface area contributed by atoms with Crippen LogP contribution in [0.2, 0.25) is 0 Å². The molecule has 0 bridgehead atoms. The van der Waals surface area contributed by atoms with Crippen LogP contribution < -0.4 is 16.0 Å². The van der Waals surface area contributed by atoms with Gasteiger partial charge < -0.3 is 20.7 Å².